The molecule has 0 saturated carbocycles. The van der Waals surface area contributed by atoms with Crippen LogP contribution in [0, 0.1) is 0 Å². The second kappa shape index (κ2) is 5.36. The molecule has 1 aromatic heterocycles. The maximum absolute atomic E-state index is 10.6. The molecule has 3 rings (SSSR count). The Balaban J connectivity index is 1.81. The van der Waals surface area contributed by atoms with Crippen LogP contribution in [0.4, 0.5) is 0 Å². The fraction of sp³-hybridized carbons (Fsp3) is 0.333. The number of aldehydes is 1. The Morgan fingerprint density at radius 3 is 2.58 bits per heavy atom. The van der Waals surface area contributed by atoms with Crippen molar-refractivity contribution in [2.24, 2.45) is 0 Å². The Labute approximate surface area is 112 Å². The zero-order valence-electron chi connectivity index (χ0n) is 10.7. The van der Waals surface area contributed by atoms with E-state index in [-0.39, 0.29) is 0 Å². The lowest BCUT2D eigenvalue weighted by atomic mass is 10.1. The van der Waals surface area contributed by atoms with Gasteiger partial charge in [-0.05, 0) is 18.4 Å². The van der Waals surface area contributed by atoms with Crippen molar-refractivity contribution in [2.75, 3.05) is 13.2 Å². The third-order valence-electron chi connectivity index (χ3n) is 3.55. The number of hydrogen-bond donors (Lipinski definition) is 0. The lowest BCUT2D eigenvalue weighted by Gasteiger charge is -2.22. The summed E-state index contributed by atoms with van der Waals surface area (Å²) in [5, 5.41) is 4.45. The predicted molar refractivity (Wildman–Crippen MR) is 72.1 cm³/mol. The molecule has 0 unspecified atom stereocenters. The molecule has 1 aliphatic heterocycles. The van der Waals surface area contributed by atoms with E-state index in [1.807, 2.05) is 35.1 Å². The minimum atomic E-state index is 0.441. The highest BCUT2D eigenvalue weighted by molar-refractivity contribution is 5.76. The second-order valence-electron chi connectivity index (χ2n) is 4.79. The van der Waals surface area contributed by atoms with Gasteiger partial charge in [0.25, 0.3) is 0 Å². The van der Waals surface area contributed by atoms with Crippen LogP contribution in [-0.4, -0.2) is 29.3 Å². The lowest BCUT2D eigenvalue weighted by molar-refractivity contribution is 0.0662. The number of ether oxygens (including phenoxy) is 1. The molecule has 4 nitrogen and oxygen atoms in total. The molecule has 19 heavy (non-hydrogen) atoms. The first-order valence-corrected chi connectivity index (χ1v) is 6.54. The van der Waals surface area contributed by atoms with E-state index in [1.54, 1.807) is 0 Å². The summed E-state index contributed by atoms with van der Waals surface area (Å²) in [6.07, 6.45) is 6.85. The van der Waals surface area contributed by atoms with E-state index in [0.29, 0.717) is 11.6 Å². The molecule has 1 aromatic carbocycles. The molecule has 98 valence electrons. The molecule has 1 aliphatic rings. The predicted octanol–water partition coefficient (Wildman–Crippen LogP) is 2.71. The maximum atomic E-state index is 10.6. The highest BCUT2D eigenvalue weighted by Crippen LogP contribution is 2.24. The lowest BCUT2D eigenvalue weighted by Crippen LogP contribution is -2.19. The second-order valence-corrected chi connectivity index (χ2v) is 4.79. The number of nitrogens with zero attached hydrogens (tertiary/aromatic N) is 2. The average Bonchev–Trinajstić information content (AvgIpc) is 2.98. The molecule has 4 heteroatoms. The van der Waals surface area contributed by atoms with Gasteiger partial charge in [-0.2, -0.15) is 5.10 Å². The molecule has 1 saturated heterocycles. The van der Waals surface area contributed by atoms with Gasteiger partial charge in [0, 0.05) is 30.5 Å². The fourth-order valence-electron chi connectivity index (χ4n) is 2.39. The Morgan fingerprint density at radius 1 is 1.16 bits per heavy atom. The largest absolute Gasteiger partial charge is 0.381 e. The topological polar surface area (TPSA) is 44.1 Å². The van der Waals surface area contributed by atoms with E-state index in [0.717, 1.165) is 43.5 Å². The third kappa shape index (κ3) is 2.58. The van der Waals surface area contributed by atoms with E-state index in [2.05, 4.69) is 11.3 Å². The Hall–Kier alpha value is -1.94. The number of carbonyl (C=O) groups is 1. The van der Waals surface area contributed by atoms with Crippen molar-refractivity contribution in [3.05, 3.63) is 42.2 Å². The van der Waals surface area contributed by atoms with Gasteiger partial charge in [0.2, 0.25) is 0 Å². The van der Waals surface area contributed by atoms with Crippen LogP contribution >= 0.6 is 0 Å². The first-order chi connectivity index (χ1) is 9.36. The molecule has 2 heterocycles. The van der Waals surface area contributed by atoms with Crippen LogP contribution in [0.2, 0.25) is 0 Å². The summed E-state index contributed by atoms with van der Waals surface area (Å²) in [6, 6.07) is 8.00. The van der Waals surface area contributed by atoms with E-state index in [1.165, 1.54) is 0 Å². The standard InChI is InChI=1S/C15H16N2O2/c18-11-12-1-3-13(4-2-12)14-9-16-17(10-14)15-5-7-19-8-6-15/h1-4,9-11,15H,5-8H2. The van der Waals surface area contributed by atoms with Gasteiger partial charge in [-0.3, -0.25) is 9.48 Å². The van der Waals surface area contributed by atoms with Gasteiger partial charge in [0.05, 0.1) is 12.2 Å². The van der Waals surface area contributed by atoms with E-state index in [4.69, 9.17) is 4.74 Å². The molecule has 0 aliphatic carbocycles. The minimum absolute atomic E-state index is 0.441. The molecule has 1 fully saturated rings. The number of benzene rings is 1. The smallest absolute Gasteiger partial charge is 0.150 e. The molecule has 0 N–H and O–H groups in total. The quantitative estimate of drug-likeness (QED) is 0.793. The molecule has 0 radical (unpaired) electrons. The summed E-state index contributed by atoms with van der Waals surface area (Å²) in [5.74, 6) is 0. The Kier molecular flexibility index (Phi) is 3.42. The zero-order valence-corrected chi connectivity index (χ0v) is 10.7. The normalized spacial score (nSPS) is 16.4. The van der Waals surface area contributed by atoms with Gasteiger partial charge in [0.15, 0.2) is 0 Å². The van der Waals surface area contributed by atoms with Crippen LogP contribution < -0.4 is 0 Å². The van der Waals surface area contributed by atoms with Gasteiger partial charge < -0.3 is 4.74 Å². The zero-order chi connectivity index (χ0) is 13.1. The first-order valence-electron chi connectivity index (χ1n) is 6.54. The number of hydrogen-bond acceptors (Lipinski definition) is 3. The van der Waals surface area contributed by atoms with Crippen molar-refractivity contribution in [1.82, 2.24) is 9.78 Å². The molecule has 0 atom stereocenters. The Morgan fingerprint density at radius 2 is 1.89 bits per heavy atom. The molecule has 2 aromatic rings. The minimum Gasteiger partial charge on any atom is -0.381 e. The van der Waals surface area contributed by atoms with E-state index < -0.39 is 0 Å². The van der Waals surface area contributed by atoms with Crippen molar-refractivity contribution in [1.29, 1.82) is 0 Å². The van der Waals surface area contributed by atoms with Crippen LogP contribution in [0.1, 0.15) is 29.2 Å². The summed E-state index contributed by atoms with van der Waals surface area (Å²) >= 11 is 0. The molecular formula is C15H16N2O2. The fourth-order valence-corrected chi connectivity index (χ4v) is 2.39. The van der Waals surface area contributed by atoms with Crippen molar-refractivity contribution in [3.8, 4) is 11.1 Å². The van der Waals surface area contributed by atoms with Crippen molar-refractivity contribution in [2.45, 2.75) is 18.9 Å². The SMILES string of the molecule is O=Cc1ccc(-c2cnn(C3CCOCC3)c2)cc1. The van der Waals surface area contributed by atoms with Gasteiger partial charge >= 0.3 is 0 Å². The van der Waals surface area contributed by atoms with Crippen molar-refractivity contribution < 1.29 is 9.53 Å². The van der Waals surface area contributed by atoms with Gasteiger partial charge in [-0.15, -0.1) is 0 Å². The number of rotatable bonds is 3. The molecular weight excluding hydrogens is 240 g/mol. The van der Waals surface area contributed by atoms with Gasteiger partial charge in [0.1, 0.15) is 6.29 Å². The molecule has 0 amide bonds. The molecule has 0 bridgehead atoms. The van der Waals surface area contributed by atoms with Gasteiger partial charge in [-0.25, -0.2) is 0 Å². The van der Waals surface area contributed by atoms with Crippen LogP contribution in [0.15, 0.2) is 36.7 Å². The first kappa shape index (κ1) is 12.1. The van der Waals surface area contributed by atoms with Crippen LogP contribution in [0.3, 0.4) is 0 Å². The van der Waals surface area contributed by atoms with Crippen LogP contribution in [0.25, 0.3) is 11.1 Å². The van der Waals surface area contributed by atoms with E-state index >= 15 is 0 Å². The summed E-state index contributed by atoms with van der Waals surface area (Å²) in [7, 11) is 0. The van der Waals surface area contributed by atoms with E-state index in [9.17, 15) is 4.79 Å². The van der Waals surface area contributed by atoms with Crippen LogP contribution in [0.5, 0.6) is 0 Å². The summed E-state index contributed by atoms with van der Waals surface area (Å²) in [4.78, 5) is 10.6. The Bertz CT molecular complexity index is 554. The summed E-state index contributed by atoms with van der Waals surface area (Å²) < 4.78 is 7.40. The maximum Gasteiger partial charge on any atom is 0.150 e. The summed E-state index contributed by atoms with van der Waals surface area (Å²) in [5.41, 5.74) is 2.87. The number of carbonyl (C=O) groups excluding carboxylic acids is 1. The van der Waals surface area contributed by atoms with Gasteiger partial charge in [-0.1, -0.05) is 24.3 Å². The highest BCUT2D eigenvalue weighted by atomic mass is 16.5. The third-order valence-corrected chi connectivity index (χ3v) is 3.55. The van der Waals surface area contributed by atoms with Crippen molar-refractivity contribution >= 4 is 6.29 Å². The van der Waals surface area contributed by atoms with Crippen LogP contribution in [-0.2, 0) is 4.74 Å². The van der Waals surface area contributed by atoms with Crippen molar-refractivity contribution in [3.63, 3.8) is 0 Å². The monoisotopic (exact) mass is 256 g/mol. The highest BCUT2D eigenvalue weighted by Gasteiger charge is 2.16. The summed E-state index contributed by atoms with van der Waals surface area (Å²) in [6.45, 7) is 1.63. The average molecular weight is 256 g/mol. The molecule has 0 spiro atoms. The number of aromatic nitrogens is 2.